The number of imidazole rings is 1. The van der Waals surface area contributed by atoms with Crippen molar-refractivity contribution in [3.63, 3.8) is 0 Å². The van der Waals surface area contributed by atoms with E-state index in [2.05, 4.69) is 23.7 Å². The summed E-state index contributed by atoms with van der Waals surface area (Å²) in [5, 5.41) is 0. The van der Waals surface area contributed by atoms with Crippen LogP contribution in [-0.4, -0.2) is 47.3 Å². The van der Waals surface area contributed by atoms with Crippen molar-refractivity contribution in [2.24, 2.45) is 0 Å². The summed E-state index contributed by atoms with van der Waals surface area (Å²) >= 11 is 0. The molecule has 4 nitrogen and oxygen atoms in total. The highest BCUT2D eigenvalue weighted by molar-refractivity contribution is 5.27. The maximum atomic E-state index is 14.4. The van der Waals surface area contributed by atoms with Gasteiger partial charge in [-0.3, -0.25) is 4.90 Å². The van der Waals surface area contributed by atoms with Crippen LogP contribution in [0.5, 0.6) is 0 Å². The molecule has 1 fully saturated rings. The van der Waals surface area contributed by atoms with Crippen molar-refractivity contribution in [2.75, 3.05) is 32.8 Å². The van der Waals surface area contributed by atoms with Crippen LogP contribution in [0.2, 0.25) is 0 Å². The molecule has 1 aromatic heterocycles. The molecule has 25 heavy (non-hydrogen) atoms. The zero-order chi connectivity index (χ0) is 18.0. The number of hydrogen-bond acceptors (Lipinski definition) is 3. The van der Waals surface area contributed by atoms with Crippen LogP contribution < -0.4 is 0 Å². The number of hydrogen-bond donors (Lipinski definition) is 0. The van der Waals surface area contributed by atoms with Crippen molar-refractivity contribution < 1.29 is 13.5 Å². The zero-order valence-corrected chi connectivity index (χ0v) is 15.1. The quantitative estimate of drug-likeness (QED) is 0.831. The van der Waals surface area contributed by atoms with Crippen molar-refractivity contribution in [2.45, 2.75) is 32.7 Å². The first-order valence-electron chi connectivity index (χ1n) is 8.63. The lowest BCUT2D eigenvalue weighted by atomic mass is 9.91. The van der Waals surface area contributed by atoms with Gasteiger partial charge < -0.3 is 9.30 Å². The molecule has 0 unspecified atom stereocenters. The van der Waals surface area contributed by atoms with E-state index in [1.807, 2.05) is 4.57 Å². The van der Waals surface area contributed by atoms with Gasteiger partial charge in [-0.25, -0.2) is 13.8 Å². The van der Waals surface area contributed by atoms with Gasteiger partial charge in [0.25, 0.3) is 0 Å². The number of morpholine rings is 1. The van der Waals surface area contributed by atoms with Gasteiger partial charge in [0.1, 0.15) is 17.5 Å². The minimum atomic E-state index is -0.520. The Labute approximate surface area is 147 Å². The number of rotatable bonds is 5. The van der Waals surface area contributed by atoms with Gasteiger partial charge >= 0.3 is 0 Å². The van der Waals surface area contributed by atoms with Gasteiger partial charge in [-0.15, -0.1) is 0 Å². The van der Waals surface area contributed by atoms with Crippen LogP contribution in [0.25, 0.3) is 0 Å². The summed E-state index contributed by atoms with van der Waals surface area (Å²) in [4.78, 5) is 6.84. The fourth-order valence-corrected chi connectivity index (χ4v) is 3.44. The molecule has 0 spiro atoms. The van der Waals surface area contributed by atoms with Crippen molar-refractivity contribution >= 4 is 0 Å². The molecule has 0 saturated carbocycles. The van der Waals surface area contributed by atoms with Gasteiger partial charge in [0.2, 0.25) is 0 Å². The maximum absolute atomic E-state index is 14.4. The second kappa shape index (κ2) is 7.22. The van der Waals surface area contributed by atoms with Gasteiger partial charge in [0.15, 0.2) is 0 Å². The molecule has 1 saturated heterocycles. The predicted molar refractivity (Wildman–Crippen MR) is 92.7 cm³/mol. The number of halogens is 2. The highest BCUT2D eigenvalue weighted by atomic mass is 19.1. The Kier molecular flexibility index (Phi) is 5.20. The molecule has 0 bridgehead atoms. The molecule has 0 atom stereocenters. The Morgan fingerprint density at radius 2 is 1.92 bits per heavy atom. The molecule has 0 amide bonds. The molecule has 2 heterocycles. The van der Waals surface area contributed by atoms with Crippen molar-refractivity contribution in [1.29, 1.82) is 0 Å². The largest absolute Gasteiger partial charge is 0.379 e. The highest BCUT2D eigenvalue weighted by Crippen LogP contribution is 2.25. The molecule has 6 heteroatoms. The fraction of sp³-hybridized carbons (Fsp3) is 0.526. The summed E-state index contributed by atoms with van der Waals surface area (Å²) in [5.41, 5.74) is 0.296. The monoisotopic (exact) mass is 349 g/mol. The van der Waals surface area contributed by atoms with Crippen molar-refractivity contribution in [1.82, 2.24) is 14.5 Å². The average molecular weight is 349 g/mol. The summed E-state index contributed by atoms with van der Waals surface area (Å²) in [6.07, 6.45) is 3.49. The second-order valence-electron chi connectivity index (χ2n) is 7.31. The third-order valence-corrected chi connectivity index (χ3v) is 4.75. The standard InChI is InChI=1S/C19H25F2N3O/c1-14-4-5-16(20)15(17(14)21)12-24-7-6-22-18(24)19(2,3)13-23-8-10-25-11-9-23/h4-7H,8-13H2,1-3H3. The number of benzene rings is 1. The number of nitrogens with zero attached hydrogens (tertiary/aromatic N) is 3. The molecule has 0 N–H and O–H groups in total. The second-order valence-corrected chi connectivity index (χ2v) is 7.31. The van der Waals surface area contributed by atoms with E-state index in [1.54, 1.807) is 19.3 Å². The number of aromatic nitrogens is 2. The number of aryl methyl sites for hydroxylation is 1. The van der Waals surface area contributed by atoms with E-state index in [1.165, 1.54) is 12.1 Å². The van der Waals surface area contributed by atoms with E-state index in [0.29, 0.717) is 5.56 Å². The molecule has 1 aliphatic heterocycles. The first-order valence-corrected chi connectivity index (χ1v) is 8.63. The van der Waals surface area contributed by atoms with Gasteiger partial charge in [0, 0.05) is 43.0 Å². The van der Waals surface area contributed by atoms with E-state index in [0.717, 1.165) is 38.7 Å². The molecular formula is C19H25F2N3O. The fourth-order valence-electron chi connectivity index (χ4n) is 3.44. The van der Waals surface area contributed by atoms with Crippen LogP contribution in [0.3, 0.4) is 0 Å². The lowest BCUT2D eigenvalue weighted by molar-refractivity contribution is 0.0286. The lowest BCUT2D eigenvalue weighted by Gasteiger charge is -2.34. The molecule has 1 aromatic carbocycles. The summed E-state index contributed by atoms with van der Waals surface area (Å²) < 4.78 is 35.7. The van der Waals surface area contributed by atoms with Gasteiger partial charge in [0.05, 0.1) is 19.8 Å². The van der Waals surface area contributed by atoms with Gasteiger partial charge in [-0.1, -0.05) is 19.9 Å². The molecule has 3 rings (SSSR count). The lowest BCUT2D eigenvalue weighted by Crippen LogP contribution is -2.44. The average Bonchev–Trinajstić information content (AvgIpc) is 3.05. The first-order chi connectivity index (χ1) is 11.9. The van der Waals surface area contributed by atoms with Crippen LogP contribution in [0.4, 0.5) is 8.78 Å². The minimum absolute atomic E-state index is 0.0847. The Morgan fingerprint density at radius 1 is 1.20 bits per heavy atom. The SMILES string of the molecule is Cc1ccc(F)c(Cn2ccnc2C(C)(C)CN2CCOCC2)c1F. The third kappa shape index (κ3) is 3.90. The van der Waals surface area contributed by atoms with E-state index in [-0.39, 0.29) is 17.5 Å². The van der Waals surface area contributed by atoms with E-state index < -0.39 is 11.6 Å². The first kappa shape index (κ1) is 18.0. The molecule has 1 aliphatic rings. The third-order valence-electron chi connectivity index (χ3n) is 4.75. The van der Waals surface area contributed by atoms with Crippen LogP contribution in [0.15, 0.2) is 24.5 Å². The van der Waals surface area contributed by atoms with E-state index >= 15 is 0 Å². The molecule has 0 radical (unpaired) electrons. The summed E-state index contributed by atoms with van der Waals surface area (Å²) in [6, 6.07) is 2.79. The van der Waals surface area contributed by atoms with Crippen LogP contribution >= 0.6 is 0 Å². The Morgan fingerprint density at radius 3 is 2.64 bits per heavy atom. The topological polar surface area (TPSA) is 30.3 Å². The van der Waals surface area contributed by atoms with Crippen molar-refractivity contribution in [3.05, 3.63) is 53.1 Å². The van der Waals surface area contributed by atoms with E-state index in [4.69, 9.17) is 4.74 Å². The van der Waals surface area contributed by atoms with E-state index in [9.17, 15) is 8.78 Å². The summed E-state index contributed by atoms with van der Waals surface area (Å²) in [7, 11) is 0. The van der Waals surface area contributed by atoms with Gasteiger partial charge in [-0.05, 0) is 18.6 Å². The number of ether oxygens (including phenoxy) is 1. The summed E-state index contributed by atoms with van der Waals surface area (Å²) in [5.74, 6) is -0.168. The molecule has 136 valence electrons. The van der Waals surface area contributed by atoms with Gasteiger partial charge in [-0.2, -0.15) is 0 Å². The van der Waals surface area contributed by atoms with Crippen LogP contribution in [0.1, 0.15) is 30.8 Å². The normalized spacial score (nSPS) is 16.4. The summed E-state index contributed by atoms with van der Waals surface area (Å²) in [6.45, 7) is 10.1. The zero-order valence-electron chi connectivity index (χ0n) is 15.1. The minimum Gasteiger partial charge on any atom is -0.379 e. The highest BCUT2D eigenvalue weighted by Gasteiger charge is 2.29. The Bertz CT molecular complexity index is 736. The molecule has 0 aliphatic carbocycles. The molecule has 2 aromatic rings. The Hall–Kier alpha value is -1.79. The Balaban J connectivity index is 1.84. The smallest absolute Gasteiger partial charge is 0.134 e. The molecular weight excluding hydrogens is 324 g/mol. The predicted octanol–water partition coefficient (Wildman–Crippen LogP) is 3.13. The maximum Gasteiger partial charge on any atom is 0.134 e. The van der Waals surface area contributed by atoms with Crippen LogP contribution in [0, 0.1) is 18.6 Å². The van der Waals surface area contributed by atoms with Crippen LogP contribution in [-0.2, 0) is 16.7 Å². The van der Waals surface area contributed by atoms with Crippen molar-refractivity contribution in [3.8, 4) is 0 Å².